The zero-order chi connectivity index (χ0) is 0. The van der Waals surface area contributed by atoms with Gasteiger partial charge in [0.25, 0.3) is 0 Å². The van der Waals surface area contributed by atoms with Crippen LogP contribution in [0.3, 0.4) is 0 Å². The fraction of sp³-hybridized carbons (Fsp3) is 0. The smallest absolute Gasteiger partial charge is 1.00 e. The molecule has 0 aromatic carbocycles. The second-order valence-corrected chi connectivity index (χ2v) is 0. The van der Waals surface area contributed by atoms with Crippen LogP contribution in [-0.4, -0.2) is 45.5 Å². The molecule has 0 aliphatic rings. The van der Waals surface area contributed by atoms with Gasteiger partial charge >= 0.3 is 114 Å². The first-order chi connectivity index (χ1) is 0. The van der Waals surface area contributed by atoms with Gasteiger partial charge in [0, 0.05) is 0 Å². The van der Waals surface area contributed by atoms with Crippen LogP contribution in [-0.2, 0) is 0 Å². The Morgan fingerprint density at radius 2 is 1.00 bits per heavy atom. The van der Waals surface area contributed by atoms with E-state index in [1.807, 2.05) is 0 Å². The van der Waals surface area contributed by atoms with Crippen molar-refractivity contribution in [3.05, 3.63) is 0 Å². The minimum Gasteiger partial charge on any atom is -1.00 e. The van der Waals surface area contributed by atoms with E-state index in [1.165, 1.54) is 0 Å². The van der Waals surface area contributed by atoms with Crippen LogP contribution in [0.25, 0.3) is 0 Å². The average molecular weight is 275 g/mol. The first-order valence-electron chi connectivity index (χ1n) is 0. The zero-order valence-corrected chi connectivity index (χ0v) is 13.0. The van der Waals surface area contributed by atoms with Gasteiger partial charge in [-0.3, -0.25) is 0 Å². The van der Waals surface area contributed by atoms with Gasteiger partial charge in [-0.15, -0.1) is 0 Å². The van der Waals surface area contributed by atoms with Gasteiger partial charge < -0.3 is 17.1 Å². The third kappa shape index (κ3) is 9.23. The van der Waals surface area contributed by atoms with Crippen LogP contribution >= 0.6 is 0 Å². The van der Waals surface area contributed by atoms with Crippen molar-refractivity contribution < 1.29 is 86.0 Å². The van der Waals surface area contributed by atoms with Gasteiger partial charge in [0.05, 0.1) is 0 Å². The predicted molar refractivity (Wildman–Crippen MR) is 5.75 cm³/mol. The maximum Gasteiger partial charge on any atom is 2.00 e. The van der Waals surface area contributed by atoms with E-state index < -0.39 is 0 Å². The zero-order valence-electron chi connectivity index (χ0n) is 2.46. The molecule has 0 radical (unpaired) electrons. The summed E-state index contributed by atoms with van der Waals surface area (Å²) in [5.74, 6) is 0. The van der Waals surface area contributed by atoms with Crippen molar-refractivity contribution >= 4 is 45.5 Å². The topological polar surface area (TPSA) is 0 Å². The molecule has 0 unspecified atom stereocenters. The van der Waals surface area contributed by atoms with Gasteiger partial charge in [0.15, 0.2) is 0 Å². The number of hydrogen-bond donors (Lipinski definition) is 0. The summed E-state index contributed by atoms with van der Waals surface area (Å²) in [4.78, 5) is 0. The monoisotopic (exact) mass is 275 g/mol. The second-order valence-electron chi connectivity index (χ2n) is 0. The number of rotatable bonds is 0. The molecule has 16 valence electrons. The molecule has 0 amide bonds. The molecule has 0 heterocycles. The summed E-state index contributed by atoms with van der Waals surface area (Å²) >= 11 is 0. The molecule has 4 heavy (non-hydrogen) atoms. The molecule has 4 heteroatoms. The molecule has 0 nitrogen and oxygen atoms in total. The Morgan fingerprint density at radius 3 is 1.00 bits per heavy atom. The molecule has 0 aliphatic heterocycles. The Hall–Kier alpha value is 3.75. The molecule has 0 aromatic rings. The van der Waals surface area contributed by atoms with Crippen molar-refractivity contribution in [2.75, 3.05) is 0 Å². The molecule has 0 fully saturated rings. The van der Waals surface area contributed by atoms with Crippen LogP contribution < -0.4 is 86.0 Å². The van der Waals surface area contributed by atoms with Crippen LogP contribution in [0.2, 0.25) is 0 Å². The predicted octanol–water partition coefficient (Wildman–Crippen LogP) is -9.37. The van der Waals surface area contributed by atoms with Crippen molar-refractivity contribution in [2.45, 2.75) is 0 Å². The molecule has 0 aliphatic carbocycles. The van der Waals surface area contributed by atoms with Crippen LogP contribution in [0.4, 0.5) is 0 Å². The summed E-state index contributed by atoms with van der Waals surface area (Å²) in [6.45, 7) is 0. The van der Waals surface area contributed by atoms with E-state index in [0.29, 0.717) is 0 Å². The summed E-state index contributed by atoms with van der Waals surface area (Å²) in [5, 5.41) is 0. The molecule has 0 aromatic heterocycles. The third-order valence-electron chi connectivity index (χ3n) is 0. The minimum absolute atomic E-state index is 0. The Bertz CT molecular complexity index is 8.00. The third-order valence-corrected chi connectivity index (χ3v) is 0. The van der Waals surface area contributed by atoms with Crippen LogP contribution in [0.1, 0.15) is 0 Å². The molecular weight excluding hydrogens is 275 g/mol. The Balaban J connectivity index is 0. The van der Waals surface area contributed by atoms with E-state index >= 15 is 0 Å². The first-order valence-corrected chi connectivity index (χ1v) is 0. The van der Waals surface area contributed by atoms with Gasteiger partial charge in [-0.1, -0.05) is 0 Å². The fourth-order valence-corrected chi connectivity index (χ4v) is 0. The van der Waals surface area contributed by atoms with E-state index in [1.54, 1.807) is 0 Å². The van der Waals surface area contributed by atoms with Crippen molar-refractivity contribution in [3.8, 4) is 0 Å². The summed E-state index contributed by atoms with van der Waals surface area (Å²) in [7, 11) is 0. The van der Waals surface area contributed by atoms with E-state index in [0.717, 1.165) is 0 Å². The molecule has 0 bridgehead atoms. The Labute approximate surface area is 127 Å². The van der Waals surface area contributed by atoms with Crippen molar-refractivity contribution in [3.63, 3.8) is 0 Å². The summed E-state index contributed by atoms with van der Waals surface area (Å²) in [6.07, 6.45) is 0. The number of hydrogen-bond acceptors (Lipinski definition) is 0. The molecule has 0 N–H and O–H groups in total. The number of halogens is 2. The SMILES string of the molecule is [Cl-].[Cs+].[F-].[Sr+2]. The molecule has 0 saturated heterocycles. The van der Waals surface area contributed by atoms with Crippen LogP contribution in [0.5, 0.6) is 0 Å². The standard InChI is InChI=1S/ClH.Cs.FH.Sr/h1H;;1H;/q;+1;;+2/p-2. The van der Waals surface area contributed by atoms with Crippen molar-refractivity contribution in [1.29, 1.82) is 0 Å². The quantitative estimate of drug-likeness (QED) is 0.385. The van der Waals surface area contributed by atoms with Crippen molar-refractivity contribution in [1.82, 2.24) is 0 Å². The van der Waals surface area contributed by atoms with E-state index in [-0.39, 0.29) is 131 Å². The molecular formula is ClCsFSr+. The summed E-state index contributed by atoms with van der Waals surface area (Å²) < 4.78 is 0. The second kappa shape index (κ2) is 15.9. The summed E-state index contributed by atoms with van der Waals surface area (Å²) in [6, 6.07) is 0. The van der Waals surface area contributed by atoms with Gasteiger partial charge in [0.1, 0.15) is 0 Å². The maximum absolute atomic E-state index is 0. The fourth-order valence-electron chi connectivity index (χ4n) is 0. The Morgan fingerprint density at radius 1 is 1.00 bits per heavy atom. The van der Waals surface area contributed by atoms with E-state index in [2.05, 4.69) is 0 Å². The van der Waals surface area contributed by atoms with Gasteiger partial charge in [-0.05, 0) is 0 Å². The van der Waals surface area contributed by atoms with Gasteiger partial charge in [-0.25, -0.2) is 0 Å². The van der Waals surface area contributed by atoms with E-state index in [4.69, 9.17) is 0 Å². The summed E-state index contributed by atoms with van der Waals surface area (Å²) in [5.41, 5.74) is 0. The van der Waals surface area contributed by atoms with Crippen LogP contribution in [0.15, 0.2) is 0 Å². The molecule has 0 spiro atoms. The average Bonchev–Trinajstić information content (AvgIpc) is 0. The largest absolute Gasteiger partial charge is 2.00 e. The molecule has 0 saturated carbocycles. The normalized spacial score (nSPS) is 0. The molecule has 0 rings (SSSR count). The Kier molecular flexibility index (Phi) is 99.6. The van der Waals surface area contributed by atoms with Gasteiger partial charge in [0.2, 0.25) is 0 Å². The molecule has 0 atom stereocenters. The van der Waals surface area contributed by atoms with Gasteiger partial charge in [-0.2, -0.15) is 0 Å². The van der Waals surface area contributed by atoms with Crippen molar-refractivity contribution in [2.24, 2.45) is 0 Å². The van der Waals surface area contributed by atoms with E-state index in [9.17, 15) is 0 Å². The minimum atomic E-state index is 0. The van der Waals surface area contributed by atoms with Crippen LogP contribution in [0, 0.1) is 0 Å². The maximum atomic E-state index is 0. The first kappa shape index (κ1) is 25.1.